The van der Waals surface area contributed by atoms with Gasteiger partial charge in [0.25, 0.3) is 0 Å². The van der Waals surface area contributed by atoms with Crippen LogP contribution in [0.15, 0.2) is 36.4 Å². The second kappa shape index (κ2) is 5.88. The molecular weight excluding hydrogens is 429 g/mol. The number of halogens is 4. The summed E-state index contributed by atoms with van der Waals surface area (Å²) in [6, 6.07) is 11.2. The van der Waals surface area contributed by atoms with Gasteiger partial charge in [0.2, 0.25) is 0 Å². The van der Waals surface area contributed by atoms with Gasteiger partial charge in [-0.15, -0.1) is 0 Å². The summed E-state index contributed by atoms with van der Waals surface area (Å²) in [4.78, 5) is -0.0302. The normalized spacial score (nSPS) is 12.5. The quantitative estimate of drug-likeness (QED) is 0.405. The van der Waals surface area contributed by atoms with Gasteiger partial charge in [0.1, 0.15) is 5.82 Å². The van der Waals surface area contributed by atoms with Crippen molar-refractivity contribution in [2.24, 2.45) is 0 Å². The van der Waals surface area contributed by atoms with E-state index >= 15 is 0 Å². The lowest BCUT2D eigenvalue weighted by molar-refractivity contribution is 0.618. The van der Waals surface area contributed by atoms with Gasteiger partial charge < -0.3 is 0 Å². The van der Waals surface area contributed by atoms with E-state index in [-0.39, 0.29) is 10.6 Å². The van der Waals surface area contributed by atoms with Gasteiger partial charge in [-0.1, -0.05) is 51.8 Å². The van der Waals surface area contributed by atoms with Crippen molar-refractivity contribution >= 4 is 50.1 Å². The second-order valence-corrected chi connectivity index (χ2v) is 6.49. The Kier molecular flexibility index (Phi) is 4.67. The molecule has 0 heterocycles. The molecule has 0 nitrogen and oxygen atoms in total. The molecule has 0 aliphatic heterocycles. The fourth-order valence-electron chi connectivity index (χ4n) is 1.72. The number of hydrogen-bond acceptors (Lipinski definition) is 0. The summed E-state index contributed by atoms with van der Waals surface area (Å²) in [5.74, 6) is -0.272. The van der Waals surface area contributed by atoms with Gasteiger partial charge in [0.05, 0.1) is 4.83 Å². The van der Waals surface area contributed by atoms with Crippen LogP contribution in [0.4, 0.5) is 4.39 Å². The van der Waals surface area contributed by atoms with Crippen molar-refractivity contribution in [3.63, 3.8) is 0 Å². The predicted molar refractivity (Wildman–Crippen MR) is 86.1 cm³/mol. The van der Waals surface area contributed by atoms with Gasteiger partial charge in [-0.05, 0) is 58.3 Å². The number of hydrogen-bond donors (Lipinski definition) is 0. The zero-order chi connectivity index (χ0) is 13.3. The maximum absolute atomic E-state index is 13.4. The van der Waals surface area contributed by atoms with Gasteiger partial charge in [-0.25, -0.2) is 4.39 Å². The summed E-state index contributed by atoms with van der Waals surface area (Å²) in [5.41, 5.74) is 2.62. The minimum Gasteiger partial charge on any atom is -0.207 e. The lowest BCUT2D eigenvalue weighted by Gasteiger charge is -2.15. The number of alkyl halides is 1. The lowest BCUT2D eigenvalue weighted by Crippen LogP contribution is -1.98. The van der Waals surface area contributed by atoms with Gasteiger partial charge in [-0.3, -0.25) is 0 Å². The van der Waals surface area contributed by atoms with Crippen LogP contribution < -0.4 is 0 Å². The topological polar surface area (TPSA) is 0 Å². The van der Waals surface area contributed by atoms with Crippen LogP contribution in [-0.2, 0) is 0 Å². The first-order chi connectivity index (χ1) is 8.50. The van der Waals surface area contributed by atoms with Crippen molar-refractivity contribution in [2.75, 3.05) is 0 Å². The van der Waals surface area contributed by atoms with Crippen molar-refractivity contribution in [3.8, 4) is 0 Å². The fourth-order valence-corrected chi connectivity index (χ4v) is 4.02. The molecule has 0 aliphatic carbocycles. The van der Waals surface area contributed by atoms with Crippen LogP contribution in [0.2, 0.25) is 5.02 Å². The second-order valence-electron chi connectivity index (χ2n) is 4.01. The van der Waals surface area contributed by atoms with Crippen LogP contribution in [0.3, 0.4) is 0 Å². The van der Waals surface area contributed by atoms with Crippen molar-refractivity contribution in [1.82, 2.24) is 0 Å². The van der Waals surface area contributed by atoms with Gasteiger partial charge >= 0.3 is 0 Å². The maximum atomic E-state index is 13.4. The summed E-state index contributed by atoms with van der Waals surface area (Å²) in [6.45, 7) is 1.74. The third-order valence-electron chi connectivity index (χ3n) is 2.73. The Hall–Kier alpha value is -0.130. The first kappa shape index (κ1) is 14.3. The summed E-state index contributed by atoms with van der Waals surface area (Å²) in [5, 5.41) is 0.444. The average molecular weight is 439 g/mol. The van der Waals surface area contributed by atoms with E-state index in [0.29, 0.717) is 10.6 Å². The van der Waals surface area contributed by atoms with E-state index < -0.39 is 0 Å². The summed E-state index contributed by atoms with van der Waals surface area (Å²) in [6.07, 6.45) is 0. The molecule has 2 aromatic rings. The van der Waals surface area contributed by atoms with E-state index in [0.717, 1.165) is 14.7 Å². The molecule has 2 rings (SSSR count). The van der Waals surface area contributed by atoms with E-state index in [9.17, 15) is 4.39 Å². The van der Waals surface area contributed by atoms with Crippen LogP contribution in [0.1, 0.15) is 21.5 Å². The first-order valence-corrected chi connectivity index (χ1v) is 7.72. The van der Waals surface area contributed by atoms with Crippen molar-refractivity contribution in [2.45, 2.75) is 11.8 Å². The highest BCUT2D eigenvalue weighted by Crippen LogP contribution is 2.38. The van der Waals surface area contributed by atoms with Gasteiger partial charge in [-0.2, -0.15) is 0 Å². The largest absolute Gasteiger partial charge is 0.207 e. The highest BCUT2D eigenvalue weighted by molar-refractivity contribution is 14.1. The molecule has 0 aromatic heterocycles. The fraction of sp³-hybridized carbons (Fsp3) is 0.143. The highest BCUT2D eigenvalue weighted by Gasteiger charge is 2.17. The molecule has 0 spiro atoms. The maximum Gasteiger partial charge on any atom is 0.127 e. The number of aryl methyl sites for hydroxylation is 1. The molecule has 18 heavy (non-hydrogen) atoms. The SMILES string of the molecule is Cc1cc(C(Br)c2ccccc2I)c(Cl)cc1F. The molecule has 0 aliphatic rings. The average Bonchev–Trinajstić information content (AvgIpc) is 2.33. The van der Waals surface area contributed by atoms with Crippen LogP contribution in [-0.4, -0.2) is 0 Å². The van der Waals surface area contributed by atoms with E-state index in [1.54, 1.807) is 13.0 Å². The molecule has 0 fully saturated rings. The first-order valence-electron chi connectivity index (χ1n) is 5.34. The third-order valence-corrected chi connectivity index (χ3v) is 5.03. The minimum atomic E-state index is -0.272. The van der Waals surface area contributed by atoms with E-state index in [1.807, 2.05) is 24.3 Å². The molecule has 2 aromatic carbocycles. The standard InChI is InChI=1S/C14H10BrClFI/c1-8-6-10(11(16)7-12(8)17)14(15)9-4-2-3-5-13(9)18/h2-7,14H,1H3. The highest BCUT2D eigenvalue weighted by atomic mass is 127. The van der Waals surface area contributed by atoms with E-state index in [2.05, 4.69) is 38.5 Å². The molecule has 0 saturated heterocycles. The summed E-state index contributed by atoms with van der Waals surface area (Å²) in [7, 11) is 0. The minimum absolute atomic E-state index is 0.0302. The van der Waals surface area contributed by atoms with Crippen molar-refractivity contribution < 1.29 is 4.39 Å². The van der Waals surface area contributed by atoms with E-state index in [1.165, 1.54) is 6.07 Å². The molecular formula is C14H10BrClFI. The van der Waals surface area contributed by atoms with Crippen LogP contribution in [0.25, 0.3) is 0 Å². The smallest absolute Gasteiger partial charge is 0.127 e. The predicted octanol–water partition coefficient (Wildman–Crippen LogP) is 5.88. The van der Waals surface area contributed by atoms with Gasteiger partial charge in [0.15, 0.2) is 0 Å². The molecule has 0 amide bonds. The Bertz CT molecular complexity index is 586. The van der Waals surface area contributed by atoms with Crippen molar-refractivity contribution in [3.05, 3.63) is 67.5 Å². The Morgan fingerprint density at radius 3 is 2.56 bits per heavy atom. The number of benzene rings is 2. The molecule has 1 unspecified atom stereocenters. The zero-order valence-corrected chi connectivity index (χ0v) is 14.1. The van der Waals surface area contributed by atoms with Gasteiger partial charge in [0, 0.05) is 8.59 Å². The molecule has 0 bridgehead atoms. The van der Waals surface area contributed by atoms with Crippen molar-refractivity contribution in [1.29, 1.82) is 0 Å². The van der Waals surface area contributed by atoms with Crippen LogP contribution in [0.5, 0.6) is 0 Å². The lowest BCUT2D eigenvalue weighted by atomic mass is 10.0. The monoisotopic (exact) mass is 438 g/mol. The Balaban J connectivity index is 2.50. The molecule has 4 heteroatoms. The molecule has 94 valence electrons. The Labute approximate surface area is 133 Å². The van der Waals surface area contributed by atoms with Crippen LogP contribution in [0, 0.1) is 16.3 Å². The molecule has 0 saturated carbocycles. The molecule has 1 atom stereocenters. The Morgan fingerprint density at radius 1 is 1.22 bits per heavy atom. The summed E-state index contributed by atoms with van der Waals surface area (Å²) < 4.78 is 14.6. The molecule has 0 radical (unpaired) electrons. The zero-order valence-electron chi connectivity index (χ0n) is 9.55. The third kappa shape index (κ3) is 2.89. The molecule has 0 N–H and O–H groups in total. The number of rotatable bonds is 2. The summed E-state index contributed by atoms with van der Waals surface area (Å²) >= 11 is 12.1. The Morgan fingerprint density at radius 2 is 1.89 bits per heavy atom. The van der Waals surface area contributed by atoms with E-state index in [4.69, 9.17) is 11.6 Å². The van der Waals surface area contributed by atoms with Crippen LogP contribution >= 0.6 is 50.1 Å².